The normalized spacial score (nSPS) is 10.4. The summed E-state index contributed by atoms with van der Waals surface area (Å²) in [6, 6.07) is 3.67. The van der Waals surface area contributed by atoms with Crippen LogP contribution in [0.3, 0.4) is 0 Å². The van der Waals surface area contributed by atoms with Crippen molar-refractivity contribution in [2.45, 2.75) is 0 Å². The van der Waals surface area contributed by atoms with Gasteiger partial charge in [0.2, 0.25) is 0 Å². The zero-order valence-electron chi connectivity index (χ0n) is 5.93. The molecule has 0 spiro atoms. The second-order valence-corrected chi connectivity index (χ2v) is 3.98. The number of halogens is 1. The van der Waals surface area contributed by atoms with Crippen molar-refractivity contribution in [1.29, 1.82) is 0 Å². The van der Waals surface area contributed by atoms with Crippen LogP contribution in [0.2, 0.25) is 4.34 Å². The summed E-state index contributed by atoms with van der Waals surface area (Å²) >= 11 is 7.16. The zero-order valence-corrected chi connectivity index (χ0v) is 7.50. The summed E-state index contributed by atoms with van der Waals surface area (Å²) in [5, 5.41) is 0. The molecule has 0 aliphatic heterocycles. The number of rotatable bonds is 1. The Morgan fingerprint density at radius 3 is 2.75 bits per heavy atom. The molecule has 0 saturated carbocycles. The molecule has 2 N–H and O–H groups in total. The Kier molecular flexibility index (Phi) is 1.78. The molecule has 2 aromatic heterocycles. The van der Waals surface area contributed by atoms with E-state index < -0.39 is 0 Å². The molecule has 0 atom stereocenters. The predicted molar refractivity (Wildman–Crippen MR) is 49.7 cm³/mol. The maximum Gasteiger partial charge on any atom is 0.323 e. The van der Waals surface area contributed by atoms with Gasteiger partial charge in [0, 0.05) is 6.20 Å². The van der Waals surface area contributed by atoms with Gasteiger partial charge >= 0.3 is 5.69 Å². The Hall–Kier alpha value is -1.00. The molecule has 0 fully saturated rings. The van der Waals surface area contributed by atoms with Gasteiger partial charge in [-0.3, -0.25) is 0 Å². The van der Waals surface area contributed by atoms with Gasteiger partial charge in [-0.2, -0.15) is 0 Å². The fraction of sp³-hybridized carbons (Fsp3) is 0. The molecule has 3 nitrogen and oxygen atoms in total. The van der Waals surface area contributed by atoms with Crippen LogP contribution in [0, 0.1) is 0 Å². The topological polar surface area (TPSA) is 48.6 Å². The van der Waals surface area contributed by atoms with Crippen molar-refractivity contribution < 1.29 is 0 Å². The fourth-order valence-electron chi connectivity index (χ4n) is 0.924. The average Bonchev–Trinajstić information content (AvgIpc) is 2.58. The van der Waals surface area contributed by atoms with Gasteiger partial charge in [0.15, 0.2) is 0 Å². The highest BCUT2D eigenvalue weighted by Gasteiger charge is 2.02. The molecule has 2 heterocycles. The van der Waals surface area contributed by atoms with Gasteiger partial charge in [-0.1, -0.05) is 11.6 Å². The van der Waals surface area contributed by atoms with Crippen molar-refractivity contribution in [1.82, 2.24) is 9.97 Å². The summed E-state index contributed by atoms with van der Waals surface area (Å²) < 4.78 is 0.715. The van der Waals surface area contributed by atoms with Gasteiger partial charge in [-0.05, 0) is 12.1 Å². The van der Waals surface area contributed by atoms with Crippen LogP contribution in [-0.2, 0) is 0 Å². The summed E-state index contributed by atoms with van der Waals surface area (Å²) in [6.07, 6.45) is 1.63. The molecule has 2 rings (SSSR count). The van der Waals surface area contributed by atoms with Gasteiger partial charge in [0.1, 0.15) is 0 Å². The summed E-state index contributed by atoms with van der Waals surface area (Å²) in [5.74, 6) is 0. The fourth-order valence-corrected chi connectivity index (χ4v) is 1.94. The Morgan fingerprint density at radius 2 is 2.25 bits per heavy atom. The van der Waals surface area contributed by atoms with E-state index in [2.05, 4.69) is 9.97 Å². The van der Waals surface area contributed by atoms with E-state index in [1.54, 1.807) is 12.3 Å². The predicted octanol–water partition coefficient (Wildman–Crippen LogP) is 2.08. The van der Waals surface area contributed by atoms with Gasteiger partial charge < -0.3 is 9.97 Å². The molecule has 0 unspecified atom stereocenters. The Morgan fingerprint density at radius 1 is 1.42 bits per heavy atom. The van der Waals surface area contributed by atoms with Crippen LogP contribution < -0.4 is 5.69 Å². The number of aromatic amines is 2. The molecule has 2 aromatic rings. The number of nitrogens with one attached hydrogen (secondary N) is 2. The molecule has 0 aliphatic carbocycles. The summed E-state index contributed by atoms with van der Waals surface area (Å²) in [7, 11) is 0. The molecule has 12 heavy (non-hydrogen) atoms. The maximum atomic E-state index is 10.7. The maximum absolute atomic E-state index is 10.7. The Bertz CT molecular complexity index is 442. The zero-order chi connectivity index (χ0) is 8.55. The van der Waals surface area contributed by atoms with Crippen LogP contribution >= 0.6 is 22.9 Å². The van der Waals surface area contributed by atoms with Crippen molar-refractivity contribution in [2.75, 3.05) is 0 Å². The first-order chi connectivity index (χ1) is 5.75. The number of hydrogen-bond acceptors (Lipinski definition) is 2. The summed E-state index contributed by atoms with van der Waals surface area (Å²) in [4.78, 5) is 16.9. The Labute approximate surface area is 77.0 Å². The highest BCUT2D eigenvalue weighted by atomic mass is 35.5. The second kappa shape index (κ2) is 2.80. The van der Waals surface area contributed by atoms with Crippen molar-refractivity contribution in [3.63, 3.8) is 0 Å². The molecular weight excluding hydrogens is 196 g/mol. The number of thiophene rings is 1. The van der Waals surface area contributed by atoms with Crippen LogP contribution in [0.25, 0.3) is 10.6 Å². The van der Waals surface area contributed by atoms with E-state index in [9.17, 15) is 4.79 Å². The van der Waals surface area contributed by atoms with Crippen LogP contribution in [-0.4, -0.2) is 9.97 Å². The standard InChI is InChI=1S/C7H5ClN2OS/c8-6-2-1-5(12-6)4-3-9-7(11)10-4/h1-3H,(H2,9,10,11). The lowest BCUT2D eigenvalue weighted by Crippen LogP contribution is -1.99. The third-order valence-corrected chi connectivity index (χ3v) is 2.70. The smallest absolute Gasteiger partial charge is 0.312 e. The second-order valence-electron chi connectivity index (χ2n) is 2.26. The first-order valence-electron chi connectivity index (χ1n) is 3.29. The lowest BCUT2D eigenvalue weighted by Gasteiger charge is -1.85. The lowest BCUT2D eigenvalue weighted by molar-refractivity contribution is 1.19. The van der Waals surface area contributed by atoms with Crippen LogP contribution in [0.5, 0.6) is 0 Å². The minimum atomic E-state index is -0.200. The van der Waals surface area contributed by atoms with E-state index in [1.165, 1.54) is 11.3 Å². The molecular formula is C7H5ClN2OS. The molecule has 62 valence electrons. The summed E-state index contributed by atoms with van der Waals surface area (Å²) in [6.45, 7) is 0. The van der Waals surface area contributed by atoms with Crippen molar-refractivity contribution in [3.05, 3.63) is 33.2 Å². The molecule has 0 amide bonds. The largest absolute Gasteiger partial charge is 0.323 e. The van der Waals surface area contributed by atoms with Crippen LogP contribution in [0.15, 0.2) is 23.1 Å². The van der Waals surface area contributed by atoms with Gasteiger partial charge in [0.05, 0.1) is 14.9 Å². The average molecular weight is 201 g/mol. The molecule has 0 radical (unpaired) electrons. The number of aromatic nitrogens is 2. The first kappa shape index (κ1) is 7.64. The third-order valence-electron chi connectivity index (χ3n) is 1.43. The van der Waals surface area contributed by atoms with Crippen LogP contribution in [0.1, 0.15) is 0 Å². The minimum absolute atomic E-state index is 0.200. The lowest BCUT2D eigenvalue weighted by atomic mass is 10.4. The van der Waals surface area contributed by atoms with Crippen molar-refractivity contribution in [2.24, 2.45) is 0 Å². The first-order valence-corrected chi connectivity index (χ1v) is 4.48. The quantitative estimate of drug-likeness (QED) is 0.728. The molecule has 5 heteroatoms. The molecule has 0 bridgehead atoms. The van der Waals surface area contributed by atoms with E-state index in [1.807, 2.05) is 6.07 Å². The van der Waals surface area contributed by atoms with Gasteiger partial charge in [-0.15, -0.1) is 11.3 Å². The monoisotopic (exact) mass is 200 g/mol. The third kappa shape index (κ3) is 1.31. The van der Waals surface area contributed by atoms with Gasteiger partial charge in [0.25, 0.3) is 0 Å². The van der Waals surface area contributed by atoms with E-state index >= 15 is 0 Å². The van der Waals surface area contributed by atoms with E-state index in [0.717, 1.165) is 10.6 Å². The highest BCUT2D eigenvalue weighted by Crippen LogP contribution is 2.28. The summed E-state index contributed by atoms with van der Waals surface area (Å²) in [5.41, 5.74) is 0.575. The van der Waals surface area contributed by atoms with Crippen molar-refractivity contribution in [3.8, 4) is 10.6 Å². The molecule has 0 aromatic carbocycles. The van der Waals surface area contributed by atoms with Crippen molar-refractivity contribution >= 4 is 22.9 Å². The number of imidazole rings is 1. The Balaban J connectivity index is 2.50. The highest BCUT2D eigenvalue weighted by molar-refractivity contribution is 7.19. The van der Waals surface area contributed by atoms with Gasteiger partial charge in [-0.25, -0.2) is 4.79 Å². The van der Waals surface area contributed by atoms with Crippen LogP contribution in [0.4, 0.5) is 0 Å². The SMILES string of the molecule is O=c1[nH]cc(-c2ccc(Cl)s2)[nH]1. The van der Waals surface area contributed by atoms with E-state index in [0.29, 0.717) is 4.34 Å². The molecule has 0 aliphatic rings. The van der Waals surface area contributed by atoms with E-state index in [-0.39, 0.29) is 5.69 Å². The molecule has 0 saturated heterocycles. The minimum Gasteiger partial charge on any atom is -0.312 e. The number of hydrogen-bond donors (Lipinski definition) is 2. The number of H-pyrrole nitrogens is 2. The van der Waals surface area contributed by atoms with E-state index in [4.69, 9.17) is 11.6 Å².